The Labute approximate surface area is 176 Å². The number of hydrogen-bond donors (Lipinski definition) is 0. The zero-order chi connectivity index (χ0) is 19.7. The lowest BCUT2D eigenvalue weighted by molar-refractivity contribution is 0.0986. The van der Waals surface area contributed by atoms with E-state index in [0.29, 0.717) is 12.0 Å². The summed E-state index contributed by atoms with van der Waals surface area (Å²) in [4.78, 5) is 17.9. The number of anilines is 1. The van der Waals surface area contributed by atoms with Crippen LogP contribution in [0.4, 0.5) is 5.69 Å². The summed E-state index contributed by atoms with van der Waals surface area (Å²) in [7, 11) is 0. The van der Waals surface area contributed by atoms with Crippen molar-refractivity contribution in [2.24, 2.45) is 0 Å². The van der Waals surface area contributed by atoms with Crippen molar-refractivity contribution in [3.63, 3.8) is 0 Å². The molecular weight excluding hydrogens is 412 g/mol. The average Bonchev–Trinajstić information content (AvgIpc) is 3.09. The van der Waals surface area contributed by atoms with Crippen LogP contribution in [0.25, 0.3) is 0 Å². The first-order valence-electron chi connectivity index (χ1n) is 10.6. The maximum absolute atomic E-state index is 13.2. The smallest absolute Gasteiger partial charge is 0.258 e. The summed E-state index contributed by atoms with van der Waals surface area (Å²) in [5, 5.41) is 0. The summed E-state index contributed by atoms with van der Waals surface area (Å²) < 4.78 is 1.20. The Kier molecular flexibility index (Phi) is 5.88. The van der Waals surface area contributed by atoms with Crippen molar-refractivity contribution in [1.82, 2.24) is 4.90 Å². The minimum atomic E-state index is 0.120. The van der Waals surface area contributed by atoms with Crippen LogP contribution in [0.3, 0.4) is 0 Å². The van der Waals surface area contributed by atoms with Crippen LogP contribution >= 0.6 is 15.9 Å². The van der Waals surface area contributed by atoms with Crippen LogP contribution in [0.5, 0.6) is 0 Å². The van der Waals surface area contributed by atoms with Crippen LogP contribution in [0.15, 0.2) is 46.9 Å². The van der Waals surface area contributed by atoms with Crippen molar-refractivity contribution in [3.05, 3.63) is 63.6 Å². The number of hydrogen-bond acceptors (Lipinski definition) is 2. The molecule has 0 unspecified atom stereocenters. The lowest BCUT2D eigenvalue weighted by Crippen LogP contribution is -2.41. The van der Waals surface area contributed by atoms with E-state index in [1.807, 2.05) is 35.2 Å². The Morgan fingerprint density at radius 1 is 1.11 bits per heavy atom. The van der Waals surface area contributed by atoms with Gasteiger partial charge in [-0.05, 0) is 74.2 Å². The minimum absolute atomic E-state index is 0.120. The highest BCUT2D eigenvalue weighted by atomic mass is 79.9. The van der Waals surface area contributed by atoms with Crippen LogP contribution in [0.1, 0.15) is 60.5 Å². The Hall–Kier alpha value is -1.65. The van der Waals surface area contributed by atoms with Gasteiger partial charge in [-0.1, -0.05) is 48.0 Å². The van der Waals surface area contributed by atoms with Crippen LogP contribution in [0.2, 0.25) is 0 Å². The molecule has 1 heterocycles. The molecule has 0 radical (unpaired) electrons. The molecule has 148 valence electrons. The fraction of sp³-hybridized carbons (Fsp3) is 0.458. The van der Waals surface area contributed by atoms with Gasteiger partial charge in [0.05, 0.1) is 0 Å². The largest absolute Gasteiger partial charge is 0.307 e. The van der Waals surface area contributed by atoms with E-state index in [9.17, 15) is 4.79 Å². The summed E-state index contributed by atoms with van der Waals surface area (Å²) in [5.74, 6) is 0.556. The molecule has 3 nitrogen and oxygen atoms in total. The number of benzene rings is 2. The molecule has 0 saturated heterocycles. The molecule has 0 N–H and O–H groups in total. The molecule has 0 aromatic heterocycles. The van der Waals surface area contributed by atoms with Crippen LogP contribution in [-0.2, 0) is 6.42 Å². The third kappa shape index (κ3) is 3.53. The second kappa shape index (κ2) is 8.38. The van der Waals surface area contributed by atoms with Gasteiger partial charge in [0.1, 0.15) is 0 Å². The predicted molar refractivity (Wildman–Crippen MR) is 119 cm³/mol. The first-order valence-corrected chi connectivity index (χ1v) is 11.4. The second-order valence-corrected chi connectivity index (χ2v) is 8.92. The van der Waals surface area contributed by atoms with Gasteiger partial charge in [-0.15, -0.1) is 0 Å². The van der Waals surface area contributed by atoms with E-state index in [1.54, 1.807) is 0 Å². The Balaban J connectivity index is 1.67. The van der Waals surface area contributed by atoms with Crippen molar-refractivity contribution in [1.29, 1.82) is 0 Å². The quantitative estimate of drug-likeness (QED) is 0.580. The van der Waals surface area contributed by atoms with Gasteiger partial charge in [-0.3, -0.25) is 4.79 Å². The first-order chi connectivity index (χ1) is 13.6. The van der Waals surface area contributed by atoms with Gasteiger partial charge in [0.15, 0.2) is 0 Å². The van der Waals surface area contributed by atoms with Gasteiger partial charge in [0, 0.05) is 34.2 Å². The lowest BCUT2D eigenvalue weighted by atomic mass is 9.80. The van der Waals surface area contributed by atoms with Gasteiger partial charge >= 0.3 is 0 Å². The fourth-order valence-electron chi connectivity index (χ4n) is 5.03. The minimum Gasteiger partial charge on any atom is -0.307 e. The van der Waals surface area contributed by atoms with E-state index >= 15 is 0 Å². The SMILES string of the molecule is CCCN(CCC)[C@H]1Cc2c(Br)ccc3c2[C@H](C1)CN3C(=O)c1ccccc1. The highest BCUT2D eigenvalue weighted by Gasteiger charge is 2.40. The molecular formula is C24H29BrN2O. The lowest BCUT2D eigenvalue weighted by Gasteiger charge is -2.37. The molecule has 0 fully saturated rings. The zero-order valence-corrected chi connectivity index (χ0v) is 18.4. The average molecular weight is 441 g/mol. The van der Waals surface area contributed by atoms with Gasteiger partial charge in [0.25, 0.3) is 5.91 Å². The van der Waals surface area contributed by atoms with Crippen LogP contribution in [-0.4, -0.2) is 36.5 Å². The monoisotopic (exact) mass is 440 g/mol. The molecule has 0 bridgehead atoms. The van der Waals surface area contributed by atoms with Crippen molar-refractivity contribution in [3.8, 4) is 0 Å². The van der Waals surface area contributed by atoms with Crippen molar-refractivity contribution < 1.29 is 4.79 Å². The highest BCUT2D eigenvalue weighted by Crippen LogP contribution is 2.48. The summed E-state index contributed by atoms with van der Waals surface area (Å²) in [6.07, 6.45) is 4.60. The Morgan fingerprint density at radius 2 is 1.82 bits per heavy atom. The van der Waals surface area contributed by atoms with E-state index in [-0.39, 0.29) is 5.91 Å². The van der Waals surface area contributed by atoms with Gasteiger partial charge in [0.2, 0.25) is 0 Å². The van der Waals surface area contributed by atoms with Crippen molar-refractivity contribution in [2.75, 3.05) is 24.5 Å². The Morgan fingerprint density at radius 3 is 2.50 bits per heavy atom. The first kappa shape index (κ1) is 19.7. The molecule has 1 aliphatic heterocycles. The number of nitrogens with zero attached hydrogens (tertiary/aromatic N) is 2. The molecule has 2 aromatic carbocycles. The molecule has 4 heteroatoms. The van der Waals surface area contributed by atoms with Crippen molar-refractivity contribution >= 4 is 27.5 Å². The maximum Gasteiger partial charge on any atom is 0.258 e. The number of carbonyl (C=O) groups is 1. The summed E-state index contributed by atoms with van der Waals surface area (Å²) >= 11 is 3.81. The highest BCUT2D eigenvalue weighted by molar-refractivity contribution is 9.10. The van der Waals surface area contributed by atoms with Crippen LogP contribution < -0.4 is 4.90 Å². The Bertz CT molecular complexity index is 845. The van der Waals surface area contributed by atoms with Crippen molar-refractivity contribution in [2.45, 2.75) is 51.5 Å². The predicted octanol–water partition coefficient (Wildman–Crippen LogP) is 5.63. The number of halogens is 1. The van der Waals surface area contributed by atoms with E-state index in [0.717, 1.165) is 43.7 Å². The molecule has 1 aliphatic carbocycles. The zero-order valence-electron chi connectivity index (χ0n) is 16.8. The molecule has 0 spiro atoms. The van der Waals surface area contributed by atoms with Gasteiger partial charge in [-0.25, -0.2) is 0 Å². The number of rotatable bonds is 6. The molecule has 2 aliphatic rings. The summed E-state index contributed by atoms with van der Waals surface area (Å²) in [6, 6.07) is 14.5. The molecule has 0 saturated carbocycles. The van der Waals surface area contributed by atoms with E-state index in [1.165, 1.54) is 28.4 Å². The topological polar surface area (TPSA) is 23.6 Å². The fourth-order valence-corrected chi connectivity index (χ4v) is 5.54. The maximum atomic E-state index is 13.2. The van der Waals surface area contributed by atoms with Crippen LogP contribution in [0, 0.1) is 0 Å². The molecule has 2 aromatic rings. The third-order valence-corrected chi connectivity index (χ3v) is 6.92. The third-order valence-electron chi connectivity index (χ3n) is 6.18. The van der Waals surface area contributed by atoms with E-state index in [2.05, 4.69) is 46.8 Å². The summed E-state index contributed by atoms with van der Waals surface area (Å²) in [5.41, 5.74) is 4.71. The second-order valence-electron chi connectivity index (χ2n) is 8.07. The summed E-state index contributed by atoms with van der Waals surface area (Å²) in [6.45, 7) is 7.65. The molecule has 2 atom stereocenters. The number of amides is 1. The van der Waals surface area contributed by atoms with Gasteiger partial charge in [-0.2, -0.15) is 0 Å². The number of carbonyl (C=O) groups excluding carboxylic acids is 1. The van der Waals surface area contributed by atoms with Gasteiger partial charge < -0.3 is 9.80 Å². The standard InChI is InChI=1S/C24H29BrN2O/c1-3-12-26(13-4-2)19-14-18-16-27(24(28)17-8-6-5-7-9-17)22-11-10-21(25)20(15-19)23(18)22/h5-11,18-19H,3-4,12-16H2,1-2H3/t18-,19-/m1/s1. The van der Waals surface area contributed by atoms with E-state index in [4.69, 9.17) is 0 Å². The van der Waals surface area contributed by atoms with E-state index < -0.39 is 0 Å². The molecule has 4 rings (SSSR count). The normalized spacial score (nSPS) is 20.5. The molecule has 1 amide bonds. The molecule has 28 heavy (non-hydrogen) atoms.